The number of thiophene rings is 1. The molecule has 4 aromatic rings. The van der Waals surface area contributed by atoms with Crippen molar-refractivity contribution in [2.75, 3.05) is 11.1 Å². The van der Waals surface area contributed by atoms with Gasteiger partial charge in [0.15, 0.2) is 11.0 Å². The number of amides is 1. The van der Waals surface area contributed by atoms with Crippen molar-refractivity contribution < 1.29 is 13.9 Å². The number of nitrogens with one attached hydrogen (secondary N) is 1. The maximum atomic E-state index is 13.3. The zero-order chi connectivity index (χ0) is 22.3. The van der Waals surface area contributed by atoms with E-state index in [2.05, 4.69) is 15.5 Å². The predicted octanol–water partition coefficient (Wildman–Crippen LogP) is 5.48. The first-order valence-corrected chi connectivity index (χ1v) is 11.9. The van der Waals surface area contributed by atoms with Crippen LogP contribution in [0, 0.1) is 5.82 Å². The standard InChI is InChI=1S/C23H21FN4O2S2/c1-2-28-22(20-10-5-11-31-20)26-27-23(28)32-15-21(29)25-18-8-3-6-16(12-18)14-30-19-9-4-7-17(24)13-19/h3-13H,2,14-15H2,1H3,(H,25,29). The maximum absolute atomic E-state index is 13.3. The summed E-state index contributed by atoms with van der Waals surface area (Å²) >= 11 is 2.96. The van der Waals surface area contributed by atoms with Crippen LogP contribution < -0.4 is 10.1 Å². The number of hydrogen-bond acceptors (Lipinski definition) is 6. The van der Waals surface area contributed by atoms with Crippen molar-refractivity contribution >= 4 is 34.7 Å². The van der Waals surface area contributed by atoms with Gasteiger partial charge in [0, 0.05) is 18.3 Å². The van der Waals surface area contributed by atoms with Crippen molar-refractivity contribution in [3.63, 3.8) is 0 Å². The Labute approximate surface area is 193 Å². The number of carbonyl (C=O) groups excluding carboxylic acids is 1. The van der Waals surface area contributed by atoms with Gasteiger partial charge in [-0.3, -0.25) is 4.79 Å². The molecule has 0 bridgehead atoms. The molecule has 9 heteroatoms. The lowest BCUT2D eigenvalue weighted by atomic mass is 10.2. The minimum absolute atomic E-state index is 0.137. The summed E-state index contributed by atoms with van der Waals surface area (Å²) in [6, 6.07) is 17.4. The zero-order valence-electron chi connectivity index (χ0n) is 17.3. The fourth-order valence-corrected chi connectivity index (χ4v) is 4.58. The summed E-state index contributed by atoms with van der Waals surface area (Å²) in [6.07, 6.45) is 0. The summed E-state index contributed by atoms with van der Waals surface area (Å²) in [4.78, 5) is 13.5. The number of carbonyl (C=O) groups is 1. The maximum Gasteiger partial charge on any atom is 0.234 e. The highest BCUT2D eigenvalue weighted by molar-refractivity contribution is 7.99. The highest BCUT2D eigenvalue weighted by atomic mass is 32.2. The Kier molecular flexibility index (Phi) is 7.18. The van der Waals surface area contributed by atoms with Gasteiger partial charge in [-0.2, -0.15) is 0 Å². The fraction of sp³-hybridized carbons (Fsp3) is 0.174. The van der Waals surface area contributed by atoms with E-state index in [0.29, 0.717) is 16.6 Å². The molecule has 6 nitrogen and oxygen atoms in total. The minimum atomic E-state index is -0.345. The molecule has 0 spiro atoms. The van der Waals surface area contributed by atoms with Crippen molar-refractivity contribution in [2.24, 2.45) is 0 Å². The Hall–Kier alpha value is -3.17. The van der Waals surface area contributed by atoms with Crippen LogP contribution in [0.4, 0.5) is 10.1 Å². The van der Waals surface area contributed by atoms with Crippen molar-refractivity contribution in [3.05, 3.63) is 77.4 Å². The van der Waals surface area contributed by atoms with Gasteiger partial charge in [0.05, 0.1) is 10.6 Å². The second-order valence-corrected chi connectivity index (χ2v) is 8.70. The third kappa shape index (κ3) is 5.54. The van der Waals surface area contributed by atoms with Crippen molar-refractivity contribution in [1.82, 2.24) is 14.8 Å². The number of anilines is 1. The monoisotopic (exact) mass is 468 g/mol. The van der Waals surface area contributed by atoms with Gasteiger partial charge < -0.3 is 14.6 Å². The van der Waals surface area contributed by atoms with Crippen molar-refractivity contribution in [1.29, 1.82) is 0 Å². The van der Waals surface area contributed by atoms with E-state index in [9.17, 15) is 9.18 Å². The number of rotatable bonds is 9. The summed E-state index contributed by atoms with van der Waals surface area (Å²) in [5, 5.41) is 14.2. The fourth-order valence-electron chi connectivity index (χ4n) is 3.06. The third-order valence-corrected chi connectivity index (χ3v) is 6.35. The van der Waals surface area contributed by atoms with Gasteiger partial charge in [0.1, 0.15) is 18.2 Å². The van der Waals surface area contributed by atoms with Crippen LogP contribution in [0.2, 0.25) is 0 Å². The molecule has 0 fully saturated rings. The molecule has 2 aromatic carbocycles. The van der Waals surface area contributed by atoms with Crippen LogP contribution in [-0.4, -0.2) is 26.4 Å². The molecule has 1 amide bonds. The number of benzene rings is 2. The molecule has 0 atom stereocenters. The molecule has 0 radical (unpaired) electrons. The zero-order valence-corrected chi connectivity index (χ0v) is 19.0. The van der Waals surface area contributed by atoms with Crippen LogP contribution in [0.15, 0.2) is 71.2 Å². The molecule has 2 heterocycles. The number of thioether (sulfide) groups is 1. The predicted molar refractivity (Wildman–Crippen MR) is 126 cm³/mol. The number of aromatic nitrogens is 3. The molecular weight excluding hydrogens is 447 g/mol. The molecule has 1 N–H and O–H groups in total. The average Bonchev–Trinajstić information content (AvgIpc) is 3.46. The van der Waals surface area contributed by atoms with Crippen LogP contribution in [0.1, 0.15) is 12.5 Å². The lowest BCUT2D eigenvalue weighted by Crippen LogP contribution is -2.15. The van der Waals surface area contributed by atoms with E-state index < -0.39 is 0 Å². The molecule has 164 valence electrons. The van der Waals surface area contributed by atoms with Gasteiger partial charge in [0.25, 0.3) is 0 Å². The molecule has 32 heavy (non-hydrogen) atoms. The van der Waals surface area contributed by atoms with Gasteiger partial charge in [0.2, 0.25) is 5.91 Å². The summed E-state index contributed by atoms with van der Waals surface area (Å²) in [5.41, 5.74) is 1.54. The molecule has 0 aliphatic rings. The molecule has 0 aliphatic carbocycles. The first-order valence-electron chi connectivity index (χ1n) is 9.99. The highest BCUT2D eigenvalue weighted by Crippen LogP contribution is 2.27. The first kappa shape index (κ1) is 22.0. The molecule has 2 aromatic heterocycles. The lowest BCUT2D eigenvalue weighted by Gasteiger charge is -2.09. The van der Waals surface area contributed by atoms with Crippen LogP contribution in [0.3, 0.4) is 0 Å². The van der Waals surface area contributed by atoms with Gasteiger partial charge >= 0.3 is 0 Å². The van der Waals surface area contributed by atoms with E-state index >= 15 is 0 Å². The van der Waals surface area contributed by atoms with Crippen LogP contribution in [-0.2, 0) is 17.9 Å². The van der Waals surface area contributed by atoms with E-state index in [-0.39, 0.29) is 24.1 Å². The summed E-state index contributed by atoms with van der Waals surface area (Å²) < 4.78 is 20.9. The third-order valence-electron chi connectivity index (χ3n) is 4.52. The lowest BCUT2D eigenvalue weighted by molar-refractivity contribution is -0.113. The van der Waals surface area contributed by atoms with E-state index in [4.69, 9.17) is 4.74 Å². The van der Waals surface area contributed by atoms with E-state index in [0.717, 1.165) is 22.8 Å². The smallest absolute Gasteiger partial charge is 0.234 e. The quantitative estimate of drug-likeness (QED) is 0.330. The van der Waals surface area contributed by atoms with Gasteiger partial charge in [-0.1, -0.05) is 36.0 Å². The van der Waals surface area contributed by atoms with Crippen molar-refractivity contribution in [3.8, 4) is 16.5 Å². The van der Waals surface area contributed by atoms with E-state index in [1.165, 1.54) is 23.9 Å². The SMILES string of the molecule is CCn1c(SCC(=O)Nc2cccc(COc3cccc(F)c3)c2)nnc1-c1cccs1. The van der Waals surface area contributed by atoms with Crippen LogP contribution >= 0.6 is 23.1 Å². The average molecular weight is 469 g/mol. The topological polar surface area (TPSA) is 69.0 Å². The Morgan fingerprint density at radius 1 is 1.16 bits per heavy atom. The molecule has 0 saturated heterocycles. The largest absolute Gasteiger partial charge is 0.489 e. The minimum Gasteiger partial charge on any atom is -0.489 e. The van der Waals surface area contributed by atoms with Crippen molar-refractivity contribution in [2.45, 2.75) is 25.2 Å². The van der Waals surface area contributed by atoms with Gasteiger partial charge in [-0.15, -0.1) is 21.5 Å². The second kappa shape index (κ2) is 10.4. The van der Waals surface area contributed by atoms with Crippen LogP contribution in [0.5, 0.6) is 5.75 Å². The molecule has 0 saturated carbocycles. The highest BCUT2D eigenvalue weighted by Gasteiger charge is 2.15. The number of halogens is 1. The molecule has 0 aliphatic heterocycles. The Morgan fingerprint density at radius 3 is 2.81 bits per heavy atom. The number of hydrogen-bond donors (Lipinski definition) is 1. The Bertz CT molecular complexity index is 1190. The summed E-state index contributed by atoms with van der Waals surface area (Å²) in [6.45, 7) is 3.02. The van der Waals surface area contributed by atoms with E-state index in [1.807, 2.05) is 53.3 Å². The second-order valence-electron chi connectivity index (χ2n) is 6.81. The number of nitrogens with zero attached hydrogens (tertiary/aromatic N) is 3. The molecular formula is C23H21FN4O2S2. The summed E-state index contributed by atoms with van der Waals surface area (Å²) in [7, 11) is 0. The number of ether oxygens (including phenoxy) is 1. The molecule has 4 rings (SSSR count). The Morgan fingerprint density at radius 2 is 2.03 bits per heavy atom. The Balaban J connectivity index is 1.33. The van der Waals surface area contributed by atoms with Crippen LogP contribution in [0.25, 0.3) is 10.7 Å². The van der Waals surface area contributed by atoms with Gasteiger partial charge in [-0.05, 0) is 48.2 Å². The first-order chi connectivity index (χ1) is 15.6. The molecule has 0 unspecified atom stereocenters. The van der Waals surface area contributed by atoms with E-state index in [1.54, 1.807) is 23.5 Å². The normalized spacial score (nSPS) is 10.8. The van der Waals surface area contributed by atoms with Gasteiger partial charge in [-0.25, -0.2) is 4.39 Å². The summed E-state index contributed by atoms with van der Waals surface area (Å²) in [5.74, 6) is 1.00.